The Bertz CT molecular complexity index is 832. The lowest BCUT2D eigenvalue weighted by molar-refractivity contribution is 0.0462. The zero-order valence-electron chi connectivity index (χ0n) is 11.6. The van der Waals surface area contributed by atoms with Crippen LogP contribution in [0.1, 0.15) is 16.2 Å². The molecule has 0 saturated carbocycles. The number of carbonyl (C=O) groups excluding carboxylic acids is 1. The van der Waals surface area contributed by atoms with Crippen LogP contribution < -0.4 is 5.73 Å². The summed E-state index contributed by atoms with van der Waals surface area (Å²) in [5.41, 5.74) is 6.91. The molecule has 2 aromatic carbocycles. The number of aromatic hydroxyl groups is 1. The van der Waals surface area contributed by atoms with Gasteiger partial charge in [0.15, 0.2) is 12.4 Å². The number of aromatic nitrogens is 2. The first-order chi connectivity index (χ1) is 10.6. The van der Waals surface area contributed by atoms with Gasteiger partial charge in [-0.3, -0.25) is 0 Å². The van der Waals surface area contributed by atoms with Crippen LogP contribution in [0.3, 0.4) is 0 Å². The molecule has 0 unspecified atom stereocenters. The molecule has 0 aliphatic carbocycles. The van der Waals surface area contributed by atoms with Gasteiger partial charge >= 0.3 is 5.97 Å². The SMILES string of the molecule is Nc1nc(COC(=O)c2ccc(O)cc2)nc2ccccc12. The monoisotopic (exact) mass is 295 g/mol. The van der Waals surface area contributed by atoms with Crippen molar-refractivity contribution in [1.82, 2.24) is 9.97 Å². The van der Waals surface area contributed by atoms with Gasteiger partial charge in [-0.05, 0) is 36.4 Å². The molecule has 0 amide bonds. The molecule has 6 heteroatoms. The molecule has 0 saturated heterocycles. The number of fused-ring (bicyclic) bond motifs is 1. The van der Waals surface area contributed by atoms with Gasteiger partial charge in [0.25, 0.3) is 0 Å². The topological polar surface area (TPSA) is 98.3 Å². The molecular formula is C16H13N3O3. The Labute approximate surface area is 126 Å². The van der Waals surface area contributed by atoms with Crippen LogP contribution in [-0.4, -0.2) is 21.0 Å². The molecule has 0 radical (unpaired) electrons. The summed E-state index contributed by atoms with van der Waals surface area (Å²) in [6, 6.07) is 13.1. The zero-order chi connectivity index (χ0) is 15.5. The Morgan fingerprint density at radius 2 is 1.82 bits per heavy atom. The molecule has 1 heterocycles. The van der Waals surface area contributed by atoms with Gasteiger partial charge in [0, 0.05) is 5.39 Å². The molecule has 0 aliphatic rings. The highest BCUT2D eigenvalue weighted by Crippen LogP contribution is 2.17. The van der Waals surface area contributed by atoms with Crippen molar-refractivity contribution in [2.45, 2.75) is 6.61 Å². The maximum atomic E-state index is 11.9. The number of esters is 1. The second-order valence-corrected chi connectivity index (χ2v) is 4.67. The second kappa shape index (κ2) is 5.69. The quantitative estimate of drug-likeness (QED) is 0.719. The van der Waals surface area contributed by atoms with Crippen LogP contribution >= 0.6 is 0 Å². The number of phenols is 1. The lowest BCUT2D eigenvalue weighted by Crippen LogP contribution is -2.08. The van der Waals surface area contributed by atoms with Crippen molar-refractivity contribution in [1.29, 1.82) is 0 Å². The fraction of sp³-hybridized carbons (Fsp3) is 0.0625. The Morgan fingerprint density at radius 1 is 1.09 bits per heavy atom. The molecule has 1 aromatic heterocycles. The number of benzene rings is 2. The largest absolute Gasteiger partial charge is 0.508 e. The Kier molecular flexibility index (Phi) is 3.57. The van der Waals surface area contributed by atoms with Crippen molar-refractivity contribution >= 4 is 22.7 Å². The molecule has 3 N–H and O–H groups in total. The van der Waals surface area contributed by atoms with E-state index in [1.807, 2.05) is 24.3 Å². The van der Waals surface area contributed by atoms with Gasteiger partial charge in [-0.1, -0.05) is 12.1 Å². The summed E-state index contributed by atoms with van der Waals surface area (Å²) in [5, 5.41) is 9.95. The number of carbonyl (C=O) groups is 1. The van der Waals surface area contributed by atoms with Crippen molar-refractivity contribution in [3.8, 4) is 5.75 Å². The minimum absolute atomic E-state index is 0.0747. The van der Waals surface area contributed by atoms with E-state index in [1.54, 1.807) is 0 Å². The summed E-state index contributed by atoms with van der Waals surface area (Å²) in [7, 11) is 0. The normalized spacial score (nSPS) is 10.5. The highest BCUT2D eigenvalue weighted by atomic mass is 16.5. The van der Waals surface area contributed by atoms with Crippen molar-refractivity contribution in [2.24, 2.45) is 0 Å². The smallest absolute Gasteiger partial charge is 0.338 e. The predicted molar refractivity (Wildman–Crippen MR) is 81.2 cm³/mol. The molecule has 0 fully saturated rings. The van der Waals surface area contributed by atoms with E-state index in [9.17, 15) is 9.90 Å². The van der Waals surface area contributed by atoms with Gasteiger partial charge < -0.3 is 15.6 Å². The van der Waals surface area contributed by atoms with Crippen molar-refractivity contribution in [3.63, 3.8) is 0 Å². The second-order valence-electron chi connectivity index (χ2n) is 4.67. The van der Waals surface area contributed by atoms with Crippen LogP contribution in [0.4, 0.5) is 5.82 Å². The van der Waals surface area contributed by atoms with Crippen LogP contribution in [0, 0.1) is 0 Å². The third-order valence-electron chi connectivity index (χ3n) is 3.11. The predicted octanol–water partition coefficient (Wildman–Crippen LogP) is 2.27. The number of nitrogens with zero attached hydrogens (tertiary/aromatic N) is 2. The number of ether oxygens (including phenoxy) is 1. The average molecular weight is 295 g/mol. The first kappa shape index (κ1) is 13.8. The van der Waals surface area contributed by atoms with Gasteiger partial charge in [0.2, 0.25) is 0 Å². The molecule has 3 aromatic rings. The van der Waals surface area contributed by atoms with E-state index in [0.29, 0.717) is 22.7 Å². The summed E-state index contributed by atoms with van der Waals surface area (Å²) in [6.45, 7) is -0.0747. The molecule has 0 bridgehead atoms. The number of hydrogen-bond acceptors (Lipinski definition) is 6. The van der Waals surface area contributed by atoms with Gasteiger partial charge in [-0.15, -0.1) is 0 Å². The fourth-order valence-corrected chi connectivity index (χ4v) is 2.03. The third kappa shape index (κ3) is 2.80. The summed E-state index contributed by atoms with van der Waals surface area (Å²) in [4.78, 5) is 20.3. The zero-order valence-corrected chi connectivity index (χ0v) is 11.6. The van der Waals surface area contributed by atoms with Crippen LogP contribution in [0.15, 0.2) is 48.5 Å². The minimum Gasteiger partial charge on any atom is -0.508 e. The van der Waals surface area contributed by atoms with Crippen molar-refractivity contribution < 1.29 is 14.6 Å². The molecule has 0 spiro atoms. The number of phenolic OH excluding ortho intramolecular Hbond substituents is 1. The van der Waals surface area contributed by atoms with Crippen molar-refractivity contribution in [3.05, 3.63) is 59.9 Å². The Balaban J connectivity index is 1.76. The van der Waals surface area contributed by atoms with Crippen LogP contribution in [0.25, 0.3) is 10.9 Å². The van der Waals surface area contributed by atoms with Crippen LogP contribution in [0.2, 0.25) is 0 Å². The summed E-state index contributed by atoms with van der Waals surface area (Å²) in [6.07, 6.45) is 0. The first-order valence-corrected chi connectivity index (χ1v) is 6.61. The molecule has 0 atom stereocenters. The maximum Gasteiger partial charge on any atom is 0.338 e. The minimum atomic E-state index is -0.518. The van der Waals surface area contributed by atoms with Gasteiger partial charge in [-0.25, -0.2) is 14.8 Å². The van der Waals surface area contributed by atoms with E-state index in [1.165, 1.54) is 24.3 Å². The Morgan fingerprint density at radius 3 is 2.59 bits per heavy atom. The molecule has 0 aliphatic heterocycles. The van der Waals surface area contributed by atoms with E-state index >= 15 is 0 Å². The molecule has 22 heavy (non-hydrogen) atoms. The first-order valence-electron chi connectivity index (χ1n) is 6.61. The van der Waals surface area contributed by atoms with E-state index < -0.39 is 5.97 Å². The summed E-state index contributed by atoms with van der Waals surface area (Å²) >= 11 is 0. The van der Waals surface area contributed by atoms with Gasteiger partial charge in [0.1, 0.15) is 11.6 Å². The maximum absolute atomic E-state index is 11.9. The molecule has 6 nitrogen and oxygen atoms in total. The molecule has 110 valence electrons. The number of anilines is 1. The number of nitrogen functional groups attached to an aromatic ring is 1. The third-order valence-corrected chi connectivity index (χ3v) is 3.11. The van der Waals surface area contributed by atoms with Gasteiger partial charge in [-0.2, -0.15) is 0 Å². The van der Waals surface area contributed by atoms with E-state index in [2.05, 4.69) is 9.97 Å². The number of para-hydroxylation sites is 1. The van der Waals surface area contributed by atoms with Crippen LogP contribution in [0.5, 0.6) is 5.75 Å². The lowest BCUT2D eigenvalue weighted by Gasteiger charge is -2.06. The number of rotatable bonds is 3. The molecular weight excluding hydrogens is 282 g/mol. The van der Waals surface area contributed by atoms with Gasteiger partial charge in [0.05, 0.1) is 11.1 Å². The standard InChI is InChI=1S/C16H13N3O3/c17-15-12-3-1-2-4-13(12)18-14(19-15)9-22-16(21)10-5-7-11(20)8-6-10/h1-8,20H,9H2,(H2,17,18,19). The average Bonchev–Trinajstić information content (AvgIpc) is 2.53. The highest BCUT2D eigenvalue weighted by Gasteiger charge is 2.10. The summed E-state index contributed by atoms with van der Waals surface area (Å²) in [5.74, 6) is 0.252. The van der Waals surface area contributed by atoms with Crippen LogP contribution in [-0.2, 0) is 11.3 Å². The number of nitrogens with two attached hydrogens (primary N) is 1. The highest BCUT2D eigenvalue weighted by molar-refractivity contribution is 5.89. The number of hydrogen-bond donors (Lipinski definition) is 2. The molecule has 3 rings (SSSR count). The van der Waals surface area contributed by atoms with E-state index in [0.717, 1.165) is 5.39 Å². The van der Waals surface area contributed by atoms with E-state index in [4.69, 9.17) is 10.5 Å². The summed E-state index contributed by atoms with van der Waals surface area (Å²) < 4.78 is 5.16. The van der Waals surface area contributed by atoms with E-state index in [-0.39, 0.29) is 12.4 Å². The Hall–Kier alpha value is -3.15. The fourth-order valence-electron chi connectivity index (χ4n) is 2.03. The lowest BCUT2D eigenvalue weighted by atomic mass is 10.2. The van der Waals surface area contributed by atoms with Crippen molar-refractivity contribution in [2.75, 3.05) is 5.73 Å².